The fraction of sp³-hybridized carbons (Fsp3) is 0.0526. The minimum atomic E-state index is -0.312. The van der Waals surface area contributed by atoms with Crippen LogP contribution < -0.4 is 10.1 Å². The fourth-order valence-electron chi connectivity index (χ4n) is 2.16. The Morgan fingerprint density at radius 3 is 2.67 bits per heavy atom. The summed E-state index contributed by atoms with van der Waals surface area (Å²) in [5.74, 6) is 0.363. The average molecular weight is 339 g/mol. The topological polar surface area (TPSA) is 51.2 Å². The lowest BCUT2D eigenvalue weighted by Gasteiger charge is -2.10. The van der Waals surface area contributed by atoms with Gasteiger partial charge in [0.2, 0.25) is 0 Å². The highest BCUT2D eigenvalue weighted by Gasteiger charge is 2.11. The van der Waals surface area contributed by atoms with E-state index >= 15 is 0 Å². The van der Waals surface area contributed by atoms with Crippen molar-refractivity contribution in [1.29, 1.82) is 0 Å². The lowest BCUT2D eigenvalue weighted by atomic mass is 10.2. The Hall–Kier alpha value is -2.85. The summed E-state index contributed by atoms with van der Waals surface area (Å²) in [6.07, 6.45) is 1.54. The first-order valence-corrected chi connectivity index (χ1v) is 7.79. The molecule has 0 unspecified atom stereocenters. The van der Waals surface area contributed by atoms with E-state index in [0.717, 1.165) is 5.56 Å². The molecule has 1 amide bonds. The van der Waals surface area contributed by atoms with Crippen LogP contribution in [0.4, 0.5) is 5.69 Å². The summed E-state index contributed by atoms with van der Waals surface area (Å²) < 4.78 is 5.75. The molecule has 1 N–H and O–H groups in total. The molecule has 4 nitrogen and oxygen atoms in total. The van der Waals surface area contributed by atoms with Crippen molar-refractivity contribution >= 4 is 23.2 Å². The molecule has 0 radical (unpaired) electrons. The number of hydrogen-bond acceptors (Lipinski definition) is 3. The average Bonchev–Trinajstić information content (AvgIpc) is 2.61. The number of halogens is 1. The maximum Gasteiger partial charge on any atom is 0.258 e. The molecule has 24 heavy (non-hydrogen) atoms. The van der Waals surface area contributed by atoms with Gasteiger partial charge in [-0.25, -0.2) is 4.98 Å². The molecule has 120 valence electrons. The summed E-state index contributed by atoms with van der Waals surface area (Å²) in [6.45, 7) is 0.465. The summed E-state index contributed by atoms with van der Waals surface area (Å²) in [6, 6.07) is 20.4. The Morgan fingerprint density at radius 1 is 1.04 bits per heavy atom. The van der Waals surface area contributed by atoms with Crippen LogP contribution in [0.15, 0.2) is 72.9 Å². The van der Waals surface area contributed by atoms with Gasteiger partial charge in [-0.15, -0.1) is 0 Å². The first-order valence-electron chi connectivity index (χ1n) is 7.41. The van der Waals surface area contributed by atoms with Gasteiger partial charge in [0.05, 0.1) is 5.56 Å². The number of rotatable bonds is 5. The molecule has 2 aromatic carbocycles. The second kappa shape index (κ2) is 7.62. The summed E-state index contributed by atoms with van der Waals surface area (Å²) in [4.78, 5) is 16.2. The smallest absolute Gasteiger partial charge is 0.258 e. The first-order chi connectivity index (χ1) is 11.7. The molecule has 0 atom stereocenters. The third kappa shape index (κ3) is 4.12. The van der Waals surface area contributed by atoms with E-state index in [9.17, 15) is 4.79 Å². The Labute approximate surface area is 145 Å². The van der Waals surface area contributed by atoms with Crippen molar-refractivity contribution in [2.24, 2.45) is 0 Å². The number of carbonyl (C=O) groups is 1. The molecule has 0 aliphatic heterocycles. The molecule has 0 saturated heterocycles. The SMILES string of the molecule is O=C(Nc1cccc(OCc2ccccc2)c1)c1cccnc1Cl. The maximum absolute atomic E-state index is 12.2. The molecular formula is C19H15ClN2O2. The van der Waals surface area contributed by atoms with E-state index in [4.69, 9.17) is 16.3 Å². The summed E-state index contributed by atoms with van der Waals surface area (Å²) >= 11 is 5.94. The fourth-order valence-corrected chi connectivity index (χ4v) is 2.36. The third-order valence-corrected chi connectivity index (χ3v) is 3.65. The quantitative estimate of drug-likeness (QED) is 0.693. The number of hydrogen-bond donors (Lipinski definition) is 1. The minimum absolute atomic E-state index is 0.173. The number of benzene rings is 2. The number of nitrogens with one attached hydrogen (secondary N) is 1. The van der Waals surface area contributed by atoms with Gasteiger partial charge in [0, 0.05) is 18.0 Å². The molecule has 1 heterocycles. The molecule has 3 rings (SSSR count). The van der Waals surface area contributed by atoms with Gasteiger partial charge in [-0.3, -0.25) is 4.79 Å². The summed E-state index contributed by atoms with van der Waals surface area (Å²) in [5, 5.41) is 2.97. The molecule has 0 saturated carbocycles. The number of aromatic nitrogens is 1. The van der Waals surface area contributed by atoms with Crippen LogP contribution in [0.1, 0.15) is 15.9 Å². The monoisotopic (exact) mass is 338 g/mol. The summed E-state index contributed by atoms with van der Waals surface area (Å²) in [7, 11) is 0. The van der Waals surface area contributed by atoms with Crippen LogP contribution >= 0.6 is 11.6 Å². The number of ether oxygens (including phenoxy) is 1. The molecule has 3 aromatic rings. The van der Waals surface area contributed by atoms with Crippen LogP contribution in [0.2, 0.25) is 5.15 Å². The number of amides is 1. The van der Waals surface area contributed by atoms with Gasteiger partial charge in [0.1, 0.15) is 17.5 Å². The van der Waals surface area contributed by atoms with E-state index in [1.165, 1.54) is 6.20 Å². The molecular weight excluding hydrogens is 324 g/mol. The number of carbonyl (C=O) groups excluding carboxylic acids is 1. The van der Waals surface area contributed by atoms with Gasteiger partial charge in [-0.05, 0) is 29.8 Å². The van der Waals surface area contributed by atoms with E-state index in [0.29, 0.717) is 23.6 Å². The van der Waals surface area contributed by atoms with Crippen LogP contribution in [-0.2, 0) is 6.61 Å². The van der Waals surface area contributed by atoms with Crippen LogP contribution in [0, 0.1) is 0 Å². The Kier molecular flexibility index (Phi) is 5.08. The zero-order chi connectivity index (χ0) is 16.8. The highest BCUT2D eigenvalue weighted by molar-refractivity contribution is 6.33. The van der Waals surface area contributed by atoms with Crippen molar-refractivity contribution in [1.82, 2.24) is 4.98 Å². The van der Waals surface area contributed by atoms with Crippen LogP contribution in [0.25, 0.3) is 0 Å². The zero-order valence-electron chi connectivity index (χ0n) is 12.8. The second-order valence-electron chi connectivity index (χ2n) is 5.10. The van der Waals surface area contributed by atoms with Gasteiger partial charge in [-0.1, -0.05) is 48.0 Å². The molecule has 0 fully saturated rings. The normalized spacial score (nSPS) is 10.2. The zero-order valence-corrected chi connectivity index (χ0v) is 13.5. The predicted octanol–water partition coefficient (Wildman–Crippen LogP) is 4.57. The number of anilines is 1. The Balaban J connectivity index is 1.67. The van der Waals surface area contributed by atoms with E-state index in [-0.39, 0.29) is 11.1 Å². The van der Waals surface area contributed by atoms with Crippen LogP contribution in [0.3, 0.4) is 0 Å². The van der Waals surface area contributed by atoms with Crippen molar-refractivity contribution < 1.29 is 9.53 Å². The molecule has 0 aliphatic rings. The molecule has 5 heteroatoms. The maximum atomic E-state index is 12.2. The van der Waals surface area contributed by atoms with Gasteiger partial charge >= 0.3 is 0 Å². The standard InChI is InChI=1S/C19H15ClN2O2/c20-18-17(10-5-11-21-18)19(23)22-15-8-4-9-16(12-15)24-13-14-6-2-1-3-7-14/h1-12H,13H2,(H,22,23). The lowest BCUT2D eigenvalue weighted by Crippen LogP contribution is -2.12. The van der Waals surface area contributed by atoms with Gasteiger partial charge < -0.3 is 10.1 Å². The molecule has 1 aromatic heterocycles. The number of nitrogens with zero attached hydrogens (tertiary/aromatic N) is 1. The Morgan fingerprint density at radius 2 is 1.88 bits per heavy atom. The van der Waals surface area contributed by atoms with Crippen LogP contribution in [0.5, 0.6) is 5.75 Å². The molecule has 0 bridgehead atoms. The predicted molar refractivity (Wildman–Crippen MR) is 94.4 cm³/mol. The first kappa shape index (κ1) is 16.0. The number of pyridine rings is 1. The Bertz CT molecular complexity index is 838. The van der Waals surface area contributed by atoms with Crippen molar-refractivity contribution in [3.8, 4) is 5.75 Å². The lowest BCUT2D eigenvalue weighted by molar-refractivity contribution is 0.102. The highest BCUT2D eigenvalue weighted by Crippen LogP contribution is 2.20. The second-order valence-corrected chi connectivity index (χ2v) is 5.46. The van der Waals surface area contributed by atoms with E-state index in [1.54, 1.807) is 24.3 Å². The highest BCUT2D eigenvalue weighted by atomic mass is 35.5. The van der Waals surface area contributed by atoms with Crippen molar-refractivity contribution in [2.75, 3.05) is 5.32 Å². The van der Waals surface area contributed by atoms with E-state index < -0.39 is 0 Å². The van der Waals surface area contributed by atoms with Gasteiger partial charge in [0.15, 0.2) is 0 Å². The molecule has 0 spiro atoms. The molecule has 0 aliphatic carbocycles. The van der Waals surface area contributed by atoms with E-state index in [1.807, 2.05) is 42.5 Å². The summed E-state index contributed by atoms with van der Waals surface area (Å²) in [5.41, 5.74) is 2.04. The van der Waals surface area contributed by atoms with Crippen molar-refractivity contribution in [3.63, 3.8) is 0 Å². The van der Waals surface area contributed by atoms with Crippen LogP contribution in [-0.4, -0.2) is 10.9 Å². The van der Waals surface area contributed by atoms with Gasteiger partial charge in [-0.2, -0.15) is 0 Å². The van der Waals surface area contributed by atoms with Crippen molar-refractivity contribution in [2.45, 2.75) is 6.61 Å². The van der Waals surface area contributed by atoms with Gasteiger partial charge in [0.25, 0.3) is 5.91 Å². The minimum Gasteiger partial charge on any atom is -0.489 e. The van der Waals surface area contributed by atoms with Crippen molar-refractivity contribution in [3.05, 3.63) is 89.2 Å². The third-order valence-electron chi connectivity index (χ3n) is 3.34. The van der Waals surface area contributed by atoms with E-state index in [2.05, 4.69) is 10.3 Å². The largest absolute Gasteiger partial charge is 0.489 e.